The predicted molar refractivity (Wildman–Crippen MR) is 91.3 cm³/mol. The fourth-order valence-corrected chi connectivity index (χ4v) is 2.18. The quantitative estimate of drug-likeness (QED) is 0.681. The molecule has 0 spiro atoms. The van der Waals surface area contributed by atoms with Crippen molar-refractivity contribution in [2.45, 2.75) is 32.2 Å². The SMILES string of the molecule is CNCCCC(=O)NC(C)Cc1ccc(OC)c(OC)c1.Cl. The van der Waals surface area contributed by atoms with Crippen LogP contribution in [0.1, 0.15) is 25.3 Å². The second-order valence-electron chi connectivity index (χ2n) is 5.07. The van der Waals surface area contributed by atoms with Gasteiger partial charge in [0, 0.05) is 12.5 Å². The molecule has 126 valence electrons. The van der Waals surface area contributed by atoms with Crippen molar-refractivity contribution in [3.05, 3.63) is 23.8 Å². The van der Waals surface area contributed by atoms with Crippen molar-refractivity contribution in [2.75, 3.05) is 27.8 Å². The third-order valence-corrected chi connectivity index (χ3v) is 3.23. The minimum Gasteiger partial charge on any atom is -0.493 e. The van der Waals surface area contributed by atoms with E-state index in [9.17, 15) is 4.79 Å². The molecule has 0 aliphatic carbocycles. The monoisotopic (exact) mass is 330 g/mol. The lowest BCUT2D eigenvalue weighted by molar-refractivity contribution is -0.121. The van der Waals surface area contributed by atoms with Crippen LogP contribution in [0, 0.1) is 0 Å². The first-order valence-electron chi connectivity index (χ1n) is 7.25. The Hall–Kier alpha value is -1.46. The third kappa shape index (κ3) is 7.00. The largest absolute Gasteiger partial charge is 0.493 e. The van der Waals surface area contributed by atoms with Crippen LogP contribution in [-0.4, -0.2) is 39.8 Å². The van der Waals surface area contributed by atoms with Crippen LogP contribution in [0.4, 0.5) is 0 Å². The molecule has 0 radical (unpaired) electrons. The van der Waals surface area contributed by atoms with Crippen LogP contribution in [0.2, 0.25) is 0 Å². The summed E-state index contributed by atoms with van der Waals surface area (Å²) >= 11 is 0. The van der Waals surface area contributed by atoms with E-state index in [1.54, 1.807) is 14.2 Å². The number of halogens is 1. The number of amides is 1. The van der Waals surface area contributed by atoms with Gasteiger partial charge in [0.15, 0.2) is 11.5 Å². The van der Waals surface area contributed by atoms with Gasteiger partial charge in [-0.25, -0.2) is 0 Å². The van der Waals surface area contributed by atoms with Crippen LogP contribution in [0.3, 0.4) is 0 Å². The molecule has 0 saturated carbocycles. The van der Waals surface area contributed by atoms with Crippen molar-refractivity contribution in [1.82, 2.24) is 10.6 Å². The number of nitrogens with one attached hydrogen (secondary N) is 2. The summed E-state index contributed by atoms with van der Waals surface area (Å²) in [6, 6.07) is 5.91. The van der Waals surface area contributed by atoms with Crippen LogP contribution >= 0.6 is 12.4 Å². The molecule has 22 heavy (non-hydrogen) atoms. The predicted octanol–water partition coefficient (Wildman–Crippen LogP) is 2.17. The maximum absolute atomic E-state index is 11.8. The zero-order valence-corrected chi connectivity index (χ0v) is 14.6. The second kappa shape index (κ2) is 11.2. The van der Waals surface area contributed by atoms with E-state index in [-0.39, 0.29) is 24.4 Å². The third-order valence-electron chi connectivity index (χ3n) is 3.23. The molecule has 0 saturated heterocycles. The summed E-state index contributed by atoms with van der Waals surface area (Å²) in [4.78, 5) is 11.8. The lowest BCUT2D eigenvalue weighted by Crippen LogP contribution is -2.34. The Labute approximate surface area is 139 Å². The van der Waals surface area contributed by atoms with Crippen LogP contribution in [0.5, 0.6) is 11.5 Å². The van der Waals surface area contributed by atoms with E-state index in [2.05, 4.69) is 10.6 Å². The van der Waals surface area contributed by atoms with Crippen molar-refractivity contribution < 1.29 is 14.3 Å². The first kappa shape index (κ1) is 20.5. The lowest BCUT2D eigenvalue weighted by atomic mass is 10.1. The average molecular weight is 331 g/mol. The summed E-state index contributed by atoms with van der Waals surface area (Å²) in [7, 11) is 5.12. The zero-order chi connectivity index (χ0) is 15.7. The zero-order valence-electron chi connectivity index (χ0n) is 13.8. The van der Waals surface area contributed by atoms with Gasteiger partial charge in [-0.3, -0.25) is 4.79 Å². The Morgan fingerprint density at radius 3 is 2.50 bits per heavy atom. The molecule has 0 bridgehead atoms. The smallest absolute Gasteiger partial charge is 0.220 e. The molecule has 0 aliphatic rings. The molecule has 1 unspecified atom stereocenters. The van der Waals surface area contributed by atoms with Gasteiger partial charge in [-0.2, -0.15) is 0 Å². The molecule has 1 aromatic carbocycles. The summed E-state index contributed by atoms with van der Waals surface area (Å²) in [6.07, 6.45) is 2.17. The lowest BCUT2D eigenvalue weighted by Gasteiger charge is -2.15. The Morgan fingerprint density at radius 2 is 1.91 bits per heavy atom. The normalized spacial score (nSPS) is 11.3. The van der Waals surface area contributed by atoms with Crippen LogP contribution in [0.25, 0.3) is 0 Å². The molecule has 0 heterocycles. The van der Waals surface area contributed by atoms with Gasteiger partial charge in [0.05, 0.1) is 14.2 Å². The second-order valence-corrected chi connectivity index (χ2v) is 5.07. The van der Waals surface area contributed by atoms with Crippen molar-refractivity contribution in [2.24, 2.45) is 0 Å². The van der Waals surface area contributed by atoms with Gasteiger partial charge in [-0.05, 0) is 51.1 Å². The van der Waals surface area contributed by atoms with E-state index in [0.29, 0.717) is 17.9 Å². The first-order chi connectivity index (χ1) is 10.1. The van der Waals surface area contributed by atoms with E-state index in [0.717, 1.165) is 24.9 Å². The van der Waals surface area contributed by atoms with Gasteiger partial charge in [-0.15, -0.1) is 12.4 Å². The standard InChI is InChI=1S/C16H26N2O3.ClH/c1-12(18-16(19)6-5-9-17-2)10-13-7-8-14(20-3)15(11-13)21-4;/h7-8,11-12,17H,5-6,9-10H2,1-4H3,(H,18,19);1H. The highest BCUT2D eigenvalue weighted by Crippen LogP contribution is 2.27. The number of carbonyl (C=O) groups is 1. The fraction of sp³-hybridized carbons (Fsp3) is 0.562. The number of benzene rings is 1. The highest BCUT2D eigenvalue weighted by atomic mass is 35.5. The molecular formula is C16H27ClN2O3. The number of methoxy groups -OCH3 is 2. The van der Waals surface area contributed by atoms with Gasteiger partial charge in [0.25, 0.3) is 0 Å². The maximum Gasteiger partial charge on any atom is 0.220 e. The fourth-order valence-electron chi connectivity index (χ4n) is 2.18. The minimum absolute atomic E-state index is 0. The summed E-state index contributed by atoms with van der Waals surface area (Å²) in [5.41, 5.74) is 1.11. The Bertz CT molecular complexity index is 455. The molecule has 6 heteroatoms. The Balaban J connectivity index is 0.00000441. The van der Waals surface area contributed by atoms with Gasteiger partial charge in [0.1, 0.15) is 0 Å². The van der Waals surface area contributed by atoms with E-state index in [1.807, 2.05) is 32.2 Å². The number of rotatable bonds is 9. The molecule has 1 rings (SSSR count). The summed E-state index contributed by atoms with van der Waals surface area (Å²) < 4.78 is 10.5. The van der Waals surface area contributed by atoms with Crippen LogP contribution in [0.15, 0.2) is 18.2 Å². The van der Waals surface area contributed by atoms with Gasteiger partial charge >= 0.3 is 0 Å². The van der Waals surface area contributed by atoms with Gasteiger partial charge < -0.3 is 20.1 Å². The molecule has 1 atom stereocenters. The molecule has 0 aliphatic heterocycles. The highest BCUT2D eigenvalue weighted by molar-refractivity contribution is 5.85. The number of hydrogen-bond acceptors (Lipinski definition) is 4. The molecule has 0 fully saturated rings. The number of carbonyl (C=O) groups excluding carboxylic acids is 1. The van der Waals surface area contributed by atoms with E-state index >= 15 is 0 Å². The molecule has 0 aromatic heterocycles. The Kier molecular flexibility index (Phi) is 10.4. The van der Waals surface area contributed by atoms with E-state index in [4.69, 9.17) is 9.47 Å². The maximum atomic E-state index is 11.8. The van der Waals surface area contributed by atoms with Crippen LogP contribution in [-0.2, 0) is 11.2 Å². The minimum atomic E-state index is 0. The van der Waals surface area contributed by atoms with Gasteiger partial charge in [-0.1, -0.05) is 6.07 Å². The first-order valence-corrected chi connectivity index (χ1v) is 7.25. The van der Waals surface area contributed by atoms with Crippen molar-refractivity contribution in [3.8, 4) is 11.5 Å². The summed E-state index contributed by atoms with van der Waals surface area (Å²) in [5, 5.41) is 6.05. The van der Waals surface area contributed by atoms with Crippen molar-refractivity contribution in [1.29, 1.82) is 0 Å². The molecule has 1 aromatic rings. The topological polar surface area (TPSA) is 59.6 Å². The summed E-state index contributed by atoms with van der Waals surface area (Å²) in [6.45, 7) is 2.87. The van der Waals surface area contributed by atoms with E-state index < -0.39 is 0 Å². The molecular weight excluding hydrogens is 304 g/mol. The Morgan fingerprint density at radius 1 is 1.23 bits per heavy atom. The molecule has 2 N–H and O–H groups in total. The van der Waals surface area contributed by atoms with E-state index in [1.165, 1.54) is 0 Å². The average Bonchev–Trinajstić information content (AvgIpc) is 2.47. The van der Waals surface area contributed by atoms with Crippen LogP contribution < -0.4 is 20.1 Å². The number of ether oxygens (including phenoxy) is 2. The number of hydrogen-bond donors (Lipinski definition) is 2. The molecule has 1 amide bonds. The van der Waals surface area contributed by atoms with Crippen molar-refractivity contribution in [3.63, 3.8) is 0 Å². The van der Waals surface area contributed by atoms with Crippen molar-refractivity contribution >= 4 is 18.3 Å². The summed E-state index contributed by atoms with van der Waals surface area (Å²) in [5.74, 6) is 1.52. The molecule has 5 nitrogen and oxygen atoms in total. The highest BCUT2D eigenvalue weighted by Gasteiger charge is 2.10. The van der Waals surface area contributed by atoms with Gasteiger partial charge in [0.2, 0.25) is 5.91 Å².